The van der Waals surface area contributed by atoms with E-state index in [0.29, 0.717) is 0 Å². The molecule has 1 atom stereocenters. The molecule has 0 radical (unpaired) electrons. The molecule has 1 unspecified atom stereocenters. The summed E-state index contributed by atoms with van der Waals surface area (Å²) in [5, 5.41) is 4.80. The Morgan fingerprint density at radius 1 is 0.393 bits per heavy atom. The lowest BCUT2D eigenvalue weighted by Crippen LogP contribution is -2.32. The molecule has 0 saturated carbocycles. The highest BCUT2D eigenvalue weighted by molar-refractivity contribution is 7.99. The van der Waals surface area contributed by atoms with Crippen molar-refractivity contribution >= 4 is 61.5 Å². The molecular weight excluding hydrogens is 699 g/mol. The van der Waals surface area contributed by atoms with Crippen LogP contribution in [0.2, 0.25) is 0 Å². The van der Waals surface area contributed by atoms with Crippen LogP contribution in [-0.4, -0.2) is 0 Å². The smallest absolute Gasteiger partial charge is 0.137 e. The summed E-state index contributed by atoms with van der Waals surface area (Å²) in [6, 6.07) is 73.3. The standard InChI is InChI=1S/C53H33NOS/c1-2-12-34(13-3-1)35-22-25-37(26-23-35)54(39-27-29-42-41-16-7-10-20-48(41)55-49(42)33-39)38-28-31-51-47(32-38)53(45-19-9-11-21-50(45)56-51)44-18-8-6-17-43(44)52-40-15-5-4-14-36(40)24-30-46(52)53/h1-33H. The number of furan rings is 1. The minimum atomic E-state index is -0.505. The van der Waals surface area contributed by atoms with E-state index in [1.807, 2.05) is 23.9 Å². The first-order chi connectivity index (χ1) is 27.8. The lowest BCUT2D eigenvalue weighted by Gasteiger charge is -2.40. The molecule has 1 spiro atoms. The van der Waals surface area contributed by atoms with E-state index in [2.05, 4.69) is 193 Å². The Balaban J connectivity index is 1.12. The molecule has 2 nitrogen and oxygen atoms in total. The van der Waals surface area contributed by atoms with Gasteiger partial charge in [-0.1, -0.05) is 151 Å². The number of benzene rings is 9. The minimum absolute atomic E-state index is 0.505. The Bertz CT molecular complexity index is 3180. The van der Waals surface area contributed by atoms with Crippen molar-refractivity contribution in [2.75, 3.05) is 4.90 Å². The number of hydrogen-bond donors (Lipinski definition) is 0. The van der Waals surface area contributed by atoms with E-state index in [4.69, 9.17) is 4.42 Å². The van der Waals surface area contributed by atoms with E-state index in [1.54, 1.807) is 0 Å². The van der Waals surface area contributed by atoms with Gasteiger partial charge in [0.05, 0.1) is 5.41 Å². The van der Waals surface area contributed by atoms with Crippen molar-refractivity contribution in [1.29, 1.82) is 0 Å². The highest BCUT2D eigenvalue weighted by atomic mass is 32.2. The molecule has 0 fully saturated rings. The lowest BCUT2D eigenvalue weighted by molar-refractivity contribution is 0.669. The Morgan fingerprint density at radius 3 is 1.93 bits per heavy atom. The van der Waals surface area contributed by atoms with Crippen molar-refractivity contribution in [3.63, 3.8) is 0 Å². The molecule has 0 saturated heterocycles. The average molecular weight is 732 g/mol. The van der Waals surface area contributed by atoms with E-state index < -0.39 is 5.41 Å². The number of fused-ring (bicyclic) bond motifs is 14. The molecule has 10 aromatic rings. The largest absolute Gasteiger partial charge is 0.456 e. The van der Waals surface area contributed by atoms with Crippen LogP contribution < -0.4 is 4.90 Å². The molecule has 56 heavy (non-hydrogen) atoms. The van der Waals surface area contributed by atoms with Crippen LogP contribution in [0.4, 0.5) is 17.1 Å². The summed E-state index contributed by atoms with van der Waals surface area (Å²) in [6.45, 7) is 0. The summed E-state index contributed by atoms with van der Waals surface area (Å²) >= 11 is 1.88. The van der Waals surface area contributed by atoms with Crippen molar-refractivity contribution < 1.29 is 4.42 Å². The number of para-hydroxylation sites is 1. The Morgan fingerprint density at radius 2 is 1.04 bits per heavy atom. The average Bonchev–Trinajstić information content (AvgIpc) is 3.78. The molecule has 9 aromatic carbocycles. The van der Waals surface area contributed by atoms with Crippen LogP contribution in [0.15, 0.2) is 214 Å². The van der Waals surface area contributed by atoms with Gasteiger partial charge in [-0.15, -0.1) is 0 Å². The summed E-state index contributed by atoms with van der Waals surface area (Å²) < 4.78 is 6.48. The maximum absolute atomic E-state index is 6.48. The summed E-state index contributed by atoms with van der Waals surface area (Å²) in [7, 11) is 0. The zero-order valence-corrected chi connectivity index (χ0v) is 31.1. The zero-order valence-electron chi connectivity index (χ0n) is 30.3. The van der Waals surface area contributed by atoms with Gasteiger partial charge in [0.15, 0.2) is 0 Å². The molecule has 0 N–H and O–H groups in total. The van der Waals surface area contributed by atoms with Crippen molar-refractivity contribution in [1.82, 2.24) is 0 Å². The van der Waals surface area contributed by atoms with Gasteiger partial charge in [-0.05, 0) is 110 Å². The monoisotopic (exact) mass is 731 g/mol. The highest BCUT2D eigenvalue weighted by Crippen LogP contribution is 2.63. The normalized spacial score (nSPS) is 15.1. The number of hydrogen-bond acceptors (Lipinski definition) is 3. The minimum Gasteiger partial charge on any atom is -0.456 e. The van der Waals surface area contributed by atoms with Crippen LogP contribution in [0.1, 0.15) is 22.3 Å². The molecule has 12 rings (SSSR count). The topological polar surface area (TPSA) is 16.4 Å². The quantitative estimate of drug-likeness (QED) is 0.179. The van der Waals surface area contributed by atoms with E-state index >= 15 is 0 Å². The number of rotatable bonds is 4. The molecule has 1 aliphatic carbocycles. The predicted octanol–water partition coefficient (Wildman–Crippen LogP) is 14.7. The molecule has 0 amide bonds. The molecule has 1 aliphatic heterocycles. The van der Waals surface area contributed by atoms with Crippen LogP contribution in [0.5, 0.6) is 0 Å². The van der Waals surface area contributed by atoms with Crippen molar-refractivity contribution in [2.24, 2.45) is 0 Å². The van der Waals surface area contributed by atoms with Crippen molar-refractivity contribution in [3.05, 3.63) is 222 Å². The number of nitrogens with zero attached hydrogens (tertiary/aromatic N) is 1. The SMILES string of the molecule is c1ccc(-c2ccc(N(c3ccc4c(c3)C3(c5ccccc5S4)c4ccccc4-c4c3ccc3ccccc43)c3ccc4c(c3)oc3ccccc34)cc2)cc1. The summed E-state index contributed by atoms with van der Waals surface area (Å²) in [6.07, 6.45) is 0. The van der Waals surface area contributed by atoms with Crippen LogP contribution >= 0.6 is 11.8 Å². The van der Waals surface area contributed by atoms with E-state index in [1.165, 1.54) is 65.1 Å². The van der Waals surface area contributed by atoms with Gasteiger partial charge >= 0.3 is 0 Å². The third-order valence-electron chi connectivity index (χ3n) is 11.9. The van der Waals surface area contributed by atoms with Gasteiger partial charge in [0.1, 0.15) is 11.2 Å². The second-order valence-electron chi connectivity index (χ2n) is 14.8. The molecular formula is C53H33NOS. The maximum Gasteiger partial charge on any atom is 0.137 e. The summed E-state index contributed by atoms with van der Waals surface area (Å²) in [5.41, 5.74) is 14.8. The highest BCUT2D eigenvalue weighted by Gasteiger charge is 2.50. The molecule has 3 heteroatoms. The predicted molar refractivity (Wildman–Crippen MR) is 233 cm³/mol. The Labute approximate surface area is 329 Å². The van der Waals surface area contributed by atoms with Crippen molar-refractivity contribution in [3.8, 4) is 22.3 Å². The van der Waals surface area contributed by atoms with E-state index in [-0.39, 0.29) is 0 Å². The second-order valence-corrected chi connectivity index (χ2v) is 15.9. The van der Waals surface area contributed by atoms with Crippen LogP contribution in [-0.2, 0) is 5.41 Å². The van der Waals surface area contributed by atoms with Gasteiger partial charge in [0.2, 0.25) is 0 Å². The molecule has 262 valence electrons. The first-order valence-corrected chi connectivity index (χ1v) is 20.0. The lowest BCUT2D eigenvalue weighted by atomic mass is 9.67. The number of anilines is 3. The van der Waals surface area contributed by atoms with Gasteiger partial charge in [0.25, 0.3) is 0 Å². The van der Waals surface area contributed by atoms with E-state index in [9.17, 15) is 0 Å². The Hall–Kier alpha value is -6.81. The molecule has 0 bridgehead atoms. The van der Waals surface area contributed by atoms with Gasteiger partial charge in [-0.3, -0.25) is 0 Å². The molecule has 2 heterocycles. The van der Waals surface area contributed by atoms with Crippen LogP contribution in [0.3, 0.4) is 0 Å². The second kappa shape index (κ2) is 12.1. The third-order valence-corrected chi connectivity index (χ3v) is 13.1. The maximum atomic E-state index is 6.48. The fourth-order valence-electron chi connectivity index (χ4n) is 9.53. The summed E-state index contributed by atoms with van der Waals surface area (Å²) in [4.78, 5) is 4.96. The van der Waals surface area contributed by atoms with Gasteiger partial charge in [0, 0.05) is 43.7 Å². The van der Waals surface area contributed by atoms with Gasteiger partial charge < -0.3 is 9.32 Å². The summed E-state index contributed by atoms with van der Waals surface area (Å²) in [5.74, 6) is 0. The molecule has 2 aliphatic rings. The van der Waals surface area contributed by atoms with Crippen molar-refractivity contribution in [2.45, 2.75) is 15.2 Å². The molecule has 1 aromatic heterocycles. The van der Waals surface area contributed by atoms with E-state index in [0.717, 1.165) is 39.0 Å². The zero-order chi connectivity index (χ0) is 36.8. The fourth-order valence-corrected chi connectivity index (χ4v) is 10.7. The van der Waals surface area contributed by atoms with Gasteiger partial charge in [-0.25, -0.2) is 0 Å². The first kappa shape index (κ1) is 31.5. The Kier molecular flexibility index (Phi) is 6.81. The van der Waals surface area contributed by atoms with Gasteiger partial charge in [-0.2, -0.15) is 0 Å². The first-order valence-electron chi connectivity index (χ1n) is 19.2. The fraction of sp³-hybridized carbons (Fsp3) is 0.0189. The van der Waals surface area contributed by atoms with Crippen LogP contribution in [0.25, 0.3) is 55.0 Å². The van der Waals surface area contributed by atoms with Crippen LogP contribution in [0, 0.1) is 0 Å². The third kappa shape index (κ3) is 4.46.